The van der Waals surface area contributed by atoms with Crippen molar-refractivity contribution >= 4 is 16.8 Å². The predicted molar refractivity (Wildman–Crippen MR) is 109 cm³/mol. The minimum Gasteiger partial charge on any atom is -0.496 e. The Labute approximate surface area is 160 Å². The van der Waals surface area contributed by atoms with Crippen LogP contribution in [0.1, 0.15) is 54.8 Å². The third-order valence-electron chi connectivity index (χ3n) is 6.14. The number of benzene rings is 2. The number of rotatable bonds is 4. The van der Waals surface area contributed by atoms with Gasteiger partial charge in [0.2, 0.25) is 0 Å². The lowest BCUT2D eigenvalue weighted by atomic mass is 9.91. The van der Waals surface area contributed by atoms with Gasteiger partial charge < -0.3 is 4.74 Å². The van der Waals surface area contributed by atoms with Crippen LogP contribution in [0.5, 0.6) is 5.75 Å². The second kappa shape index (κ2) is 6.80. The molecule has 0 radical (unpaired) electrons. The van der Waals surface area contributed by atoms with Crippen molar-refractivity contribution in [1.82, 2.24) is 0 Å². The topological polar surface area (TPSA) is 34.0 Å². The third-order valence-corrected chi connectivity index (χ3v) is 6.14. The van der Waals surface area contributed by atoms with Crippen molar-refractivity contribution in [2.24, 2.45) is 16.1 Å². The van der Waals surface area contributed by atoms with Crippen LogP contribution in [0.15, 0.2) is 64.8 Å². The van der Waals surface area contributed by atoms with Crippen LogP contribution in [0, 0.1) is 5.92 Å². The SMILES string of the molecule is COc1ccccc1C1=CC(c2ccc3c(c2)N=NC3C2CCCC2)=CC1. The van der Waals surface area contributed by atoms with Gasteiger partial charge in [0.05, 0.1) is 12.8 Å². The number of methoxy groups -OCH3 is 1. The molecule has 5 rings (SSSR count). The lowest BCUT2D eigenvalue weighted by Gasteiger charge is -2.15. The molecule has 1 fully saturated rings. The van der Waals surface area contributed by atoms with Crippen LogP contribution >= 0.6 is 0 Å². The molecule has 0 N–H and O–H groups in total. The maximum Gasteiger partial charge on any atom is 0.126 e. The highest BCUT2D eigenvalue weighted by Gasteiger charge is 2.31. The molecule has 3 heteroatoms. The molecule has 2 aromatic rings. The van der Waals surface area contributed by atoms with E-state index in [1.54, 1.807) is 7.11 Å². The van der Waals surface area contributed by atoms with Crippen LogP contribution in [0.2, 0.25) is 0 Å². The molecule has 0 aromatic heterocycles. The van der Waals surface area contributed by atoms with Crippen LogP contribution in [0.3, 0.4) is 0 Å². The number of ether oxygens (including phenoxy) is 1. The Hall–Kier alpha value is -2.68. The number of hydrogen-bond acceptors (Lipinski definition) is 3. The highest BCUT2D eigenvalue weighted by molar-refractivity contribution is 5.91. The smallest absolute Gasteiger partial charge is 0.126 e. The first-order chi connectivity index (χ1) is 13.3. The monoisotopic (exact) mass is 356 g/mol. The van der Waals surface area contributed by atoms with E-state index in [0.29, 0.717) is 5.92 Å². The fourth-order valence-corrected chi connectivity index (χ4v) is 4.69. The number of azo groups is 1. The summed E-state index contributed by atoms with van der Waals surface area (Å²) >= 11 is 0. The predicted octanol–water partition coefficient (Wildman–Crippen LogP) is 6.89. The van der Waals surface area contributed by atoms with Crippen LogP contribution in [-0.4, -0.2) is 7.11 Å². The first-order valence-electron chi connectivity index (χ1n) is 9.93. The van der Waals surface area contributed by atoms with Crippen molar-refractivity contribution in [3.8, 4) is 5.75 Å². The van der Waals surface area contributed by atoms with Crippen LogP contribution in [0.25, 0.3) is 11.1 Å². The highest BCUT2D eigenvalue weighted by Crippen LogP contribution is 2.47. The number of allylic oxidation sites excluding steroid dienone is 4. The zero-order valence-electron chi connectivity index (χ0n) is 15.7. The summed E-state index contributed by atoms with van der Waals surface area (Å²) in [6.07, 6.45) is 10.8. The van der Waals surface area contributed by atoms with Crippen LogP contribution in [0.4, 0.5) is 5.69 Å². The molecule has 27 heavy (non-hydrogen) atoms. The second-order valence-corrected chi connectivity index (χ2v) is 7.71. The molecular formula is C24H24N2O. The average Bonchev–Trinajstić information content (AvgIpc) is 3.47. The fourth-order valence-electron chi connectivity index (χ4n) is 4.69. The lowest BCUT2D eigenvalue weighted by Crippen LogP contribution is -2.04. The normalized spacial score (nSPS) is 21.3. The lowest BCUT2D eigenvalue weighted by molar-refractivity contribution is 0.413. The van der Waals surface area contributed by atoms with Crippen molar-refractivity contribution in [3.05, 3.63) is 71.3 Å². The van der Waals surface area contributed by atoms with E-state index in [4.69, 9.17) is 4.74 Å². The summed E-state index contributed by atoms with van der Waals surface area (Å²) < 4.78 is 5.53. The molecule has 0 spiro atoms. The van der Waals surface area contributed by atoms with E-state index in [9.17, 15) is 0 Å². The van der Waals surface area contributed by atoms with Gasteiger partial charge in [-0.05, 0) is 54.0 Å². The molecule has 0 amide bonds. The second-order valence-electron chi connectivity index (χ2n) is 7.71. The van der Waals surface area contributed by atoms with Gasteiger partial charge in [0.1, 0.15) is 11.8 Å². The van der Waals surface area contributed by atoms with Gasteiger partial charge >= 0.3 is 0 Å². The maximum absolute atomic E-state index is 5.53. The van der Waals surface area contributed by atoms with Gasteiger partial charge in [0.15, 0.2) is 0 Å². The molecule has 136 valence electrons. The van der Waals surface area contributed by atoms with E-state index >= 15 is 0 Å². The summed E-state index contributed by atoms with van der Waals surface area (Å²) in [5, 5.41) is 9.13. The number of nitrogens with zero attached hydrogens (tertiary/aromatic N) is 2. The Kier molecular flexibility index (Phi) is 4.16. The van der Waals surface area contributed by atoms with E-state index in [1.807, 2.05) is 12.1 Å². The standard InChI is InChI=1S/C24H24N2O/c1-27-23-9-5-4-8-20(23)19-11-10-17(14-19)18-12-13-21-22(15-18)25-26-24(21)16-6-2-3-7-16/h4-5,8-10,12-16,24H,2-3,6-7,11H2,1H3. The van der Waals surface area contributed by atoms with Crippen molar-refractivity contribution in [2.75, 3.05) is 7.11 Å². The Morgan fingerprint density at radius 3 is 2.74 bits per heavy atom. The van der Waals surface area contributed by atoms with E-state index in [1.165, 1.54) is 53.5 Å². The van der Waals surface area contributed by atoms with Gasteiger partial charge in [-0.2, -0.15) is 10.2 Å². The molecular weight excluding hydrogens is 332 g/mol. The zero-order chi connectivity index (χ0) is 18.2. The molecule has 1 unspecified atom stereocenters. The Morgan fingerprint density at radius 1 is 1.04 bits per heavy atom. The van der Waals surface area contributed by atoms with Gasteiger partial charge in [0, 0.05) is 11.1 Å². The molecule has 1 aliphatic heterocycles. The minimum absolute atomic E-state index is 0.286. The summed E-state index contributed by atoms with van der Waals surface area (Å²) in [5.41, 5.74) is 7.34. The van der Waals surface area contributed by atoms with Gasteiger partial charge in [-0.1, -0.05) is 55.3 Å². The van der Waals surface area contributed by atoms with Crippen LogP contribution in [-0.2, 0) is 0 Å². The van der Waals surface area contributed by atoms with Gasteiger partial charge in [-0.25, -0.2) is 0 Å². The number of fused-ring (bicyclic) bond motifs is 1. The molecule has 3 nitrogen and oxygen atoms in total. The number of para-hydroxylation sites is 1. The van der Waals surface area contributed by atoms with E-state index in [0.717, 1.165) is 17.9 Å². The largest absolute Gasteiger partial charge is 0.496 e. The molecule has 1 atom stereocenters. The molecule has 1 saturated carbocycles. The van der Waals surface area contributed by atoms with Crippen molar-refractivity contribution in [2.45, 2.75) is 38.1 Å². The molecule has 1 heterocycles. The molecule has 3 aliphatic rings. The van der Waals surface area contributed by atoms with E-state index in [-0.39, 0.29) is 6.04 Å². The highest BCUT2D eigenvalue weighted by atomic mass is 16.5. The summed E-state index contributed by atoms with van der Waals surface area (Å²) in [7, 11) is 1.73. The van der Waals surface area contributed by atoms with Crippen molar-refractivity contribution in [1.29, 1.82) is 0 Å². The minimum atomic E-state index is 0.286. The van der Waals surface area contributed by atoms with Crippen molar-refractivity contribution in [3.63, 3.8) is 0 Å². The molecule has 0 saturated heterocycles. The summed E-state index contributed by atoms with van der Waals surface area (Å²) in [4.78, 5) is 0. The Morgan fingerprint density at radius 2 is 1.89 bits per heavy atom. The van der Waals surface area contributed by atoms with E-state index in [2.05, 4.69) is 52.7 Å². The van der Waals surface area contributed by atoms with Crippen molar-refractivity contribution < 1.29 is 4.74 Å². The van der Waals surface area contributed by atoms with Gasteiger partial charge in [0.25, 0.3) is 0 Å². The molecule has 2 aliphatic carbocycles. The quantitative estimate of drug-likeness (QED) is 0.587. The van der Waals surface area contributed by atoms with Crippen LogP contribution < -0.4 is 4.74 Å². The average molecular weight is 356 g/mol. The molecule has 0 bridgehead atoms. The number of hydrogen-bond donors (Lipinski definition) is 0. The Bertz CT molecular complexity index is 964. The summed E-state index contributed by atoms with van der Waals surface area (Å²) in [6.45, 7) is 0. The maximum atomic E-state index is 5.53. The first-order valence-corrected chi connectivity index (χ1v) is 9.93. The summed E-state index contributed by atoms with van der Waals surface area (Å²) in [5.74, 6) is 1.61. The van der Waals surface area contributed by atoms with E-state index < -0.39 is 0 Å². The summed E-state index contributed by atoms with van der Waals surface area (Å²) in [6, 6.07) is 15.2. The molecule has 2 aromatic carbocycles. The van der Waals surface area contributed by atoms with Gasteiger partial charge in [-0.15, -0.1) is 0 Å². The third kappa shape index (κ3) is 2.91. The zero-order valence-corrected chi connectivity index (χ0v) is 15.7. The first kappa shape index (κ1) is 16.5. The Balaban J connectivity index is 1.42. The van der Waals surface area contributed by atoms with Gasteiger partial charge in [-0.3, -0.25) is 0 Å². The fraction of sp³-hybridized carbons (Fsp3) is 0.333.